The average molecular weight is 936 g/mol. The lowest BCUT2D eigenvalue weighted by Crippen LogP contribution is -2.58. The fraction of sp³-hybridized carbons (Fsp3) is 0.480. The molecule has 0 spiro atoms. The predicted molar refractivity (Wildman–Crippen MR) is 254 cm³/mol. The number of piperidine rings is 1. The Morgan fingerprint density at radius 1 is 0.970 bits per heavy atom. The third kappa shape index (κ3) is 10.7. The number of halogens is 1. The van der Waals surface area contributed by atoms with Gasteiger partial charge in [0.25, 0.3) is 5.91 Å². The van der Waals surface area contributed by atoms with Crippen molar-refractivity contribution in [2.24, 2.45) is 5.41 Å². The Hall–Kier alpha value is -5.53. The van der Waals surface area contributed by atoms with Crippen molar-refractivity contribution in [3.05, 3.63) is 99.6 Å². The van der Waals surface area contributed by atoms with Gasteiger partial charge in [-0.1, -0.05) is 56.6 Å². The molecule has 66 heavy (non-hydrogen) atoms. The van der Waals surface area contributed by atoms with Gasteiger partial charge in [-0.25, -0.2) is 4.98 Å². The number of β-amino-alcohol motifs (C(OH)–C–C–N with tert-alkyl or cyclic N) is 1. The van der Waals surface area contributed by atoms with Crippen molar-refractivity contribution < 1.29 is 29.0 Å². The highest BCUT2D eigenvalue weighted by molar-refractivity contribution is 7.13. The van der Waals surface area contributed by atoms with Gasteiger partial charge in [-0.3, -0.25) is 24.1 Å². The van der Waals surface area contributed by atoms with Crippen LogP contribution in [0.1, 0.15) is 86.5 Å². The lowest BCUT2D eigenvalue weighted by molar-refractivity contribution is -0.144. The van der Waals surface area contributed by atoms with Crippen molar-refractivity contribution in [3.8, 4) is 22.3 Å². The highest BCUT2D eigenvalue weighted by Crippen LogP contribution is 2.39. The van der Waals surface area contributed by atoms with Crippen LogP contribution in [-0.2, 0) is 20.9 Å². The van der Waals surface area contributed by atoms with E-state index in [1.807, 2.05) is 81.7 Å². The molecule has 348 valence electrons. The monoisotopic (exact) mass is 934 g/mol. The van der Waals surface area contributed by atoms with Crippen LogP contribution < -0.4 is 20.3 Å². The maximum absolute atomic E-state index is 14.1. The van der Waals surface area contributed by atoms with Gasteiger partial charge in [-0.2, -0.15) is 5.26 Å². The zero-order valence-corrected chi connectivity index (χ0v) is 39.6. The summed E-state index contributed by atoms with van der Waals surface area (Å²) in [6.07, 6.45) is 2.83. The maximum Gasteiger partial charge on any atom is 0.254 e. The van der Waals surface area contributed by atoms with Crippen LogP contribution >= 0.6 is 22.9 Å². The Bertz CT molecular complexity index is 2430. The molecule has 4 saturated heterocycles. The average Bonchev–Trinajstić information content (AvgIpc) is 4.00. The van der Waals surface area contributed by atoms with Crippen molar-refractivity contribution in [2.75, 3.05) is 44.2 Å². The summed E-state index contributed by atoms with van der Waals surface area (Å²) >= 11 is 7.81. The molecule has 5 unspecified atom stereocenters. The minimum absolute atomic E-state index is 0.0146. The number of aryl methyl sites for hydroxylation is 1. The van der Waals surface area contributed by atoms with Gasteiger partial charge in [-0.05, 0) is 72.7 Å². The molecule has 0 radical (unpaired) electrons. The van der Waals surface area contributed by atoms with Crippen LogP contribution in [0.3, 0.4) is 0 Å². The summed E-state index contributed by atoms with van der Waals surface area (Å²) in [5, 5.41) is 26.2. The molecule has 5 heterocycles. The largest absolute Gasteiger partial charge is 0.490 e. The number of fused-ring (bicyclic) bond motifs is 2. The minimum atomic E-state index is -0.892. The molecule has 4 aromatic rings. The number of aliphatic hydroxyl groups excluding tert-OH is 1. The molecule has 8 rings (SSSR count). The first kappa shape index (κ1) is 47.0. The molecule has 1 aromatic heterocycles. The summed E-state index contributed by atoms with van der Waals surface area (Å²) in [4.78, 5) is 68.4. The van der Waals surface area contributed by atoms with E-state index < -0.39 is 23.6 Å². The van der Waals surface area contributed by atoms with Gasteiger partial charge in [0.05, 0.1) is 32.8 Å². The molecular weight excluding hydrogens is 876 g/mol. The predicted octanol–water partition coefficient (Wildman–Crippen LogP) is 6.18. The van der Waals surface area contributed by atoms with Crippen LogP contribution in [-0.4, -0.2) is 124 Å². The highest BCUT2D eigenvalue weighted by atomic mass is 35.5. The number of aromatic nitrogens is 1. The SMILES string of the molecule is Cc1ncsc1-c1ccc(CNC(=O)C2CC(O)CN2C(=O)C(NC(=O)CCN2CCN(c3ccc(C(=O)N4C5CCC4CC(Oc4ccc(C#N)c(Cl)c4)C5)cc3)CC2)C(C)(C)C)cc1. The molecule has 4 aliphatic rings. The number of hydrogen-bond acceptors (Lipinski definition) is 11. The van der Waals surface area contributed by atoms with E-state index in [1.165, 1.54) is 4.90 Å². The number of nitrogens with zero attached hydrogens (tertiary/aromatic N) is 6. The Balaban J connectivity index is 0.784. The number of carbonyl (C=O) groups excluding carboxylic acids is 4. The molecule has 4 fully saturated rings. The Kier molecular flexibility index (Phi) is 14.3. The quantitative estimate of drug-likeness (QED) is 0.141. The molecule has 4 aliphatic heterocycles. The molecule has 4 amide bonds. The van der Waals surface area contributed by atoms with Gasteiger partial charge in [-0.15, -0.1) is 11.3 Å². The van der Waals surface area contributed by atoms with Crippen molar-refractivity contribution in [1.29, 1.82) is 5.26 Å². The number of amides is 4. The fourth-order valence-corrected chi connectivity index (χ4v) is 10.9. The standard InChI is InChI=1S/C50H59ClN8O6S/c1-31-45(66-30-54-31)33-7-5-32(6-8-33)28-53-47(62)43-25-39(60)29-58(43)49(64)46(50(2,3)4)55-44(61)17-18-56-19-21-57(22-20-56)36-12-9-34(10-13-36)48(63)59-37-14-15-38(59)24-41(23-37)65-40-16-11-35(27-52)42(51)26-40/h5-13,16,26,30,37-39,41,43,46,60H,14-15,17-25,28-29H2,1-4H3,(H,53,62)(H,55,61). The summed E-state index contributed by atoms with van der Waals surface area (Å²) in [6.45, 7) is 11.5. The normalized spacial score (nSPS) is 22.4. The summed E-state index contributed by atoms with van der Waals surface area (Å²) in [7, 11) is 0. The molecular formula is C50H59ClN8O6S. The molecule has 0 aliphatic carbocycles. The third-order valence-corrected chi connectivity index (χ3v) is 14.8. The fourth-order valence-electron chi connectivity index (χ4n) is 9.87. The number of aliphatic hydroxyl groups is 1. The van der Waals surface area contributed by atoms with Crippen LogP contribution in [0.25, 0.3) is 10.4 Å². The number of anilines is 1. The second-order valence-electron chi connectivity index (χ2n) is 19.1. The Morgan fingerprint density at radius 3 is 2.29 bits per heavy atom. The zero-order valence-electron chi connectivity index (χ0n) is 38.0. The maximum atomic E-state index is 14.1. The number of nitrogens with one attached hydrogen (secondary N) is 2. The van der Waals surface area contributed by atoms with E-state index in [2.05, 4.69) is 36.4 Å². The molecule has 5 atom stereocenters. The smallest absolute Gasteiger partial charge is 0.254 e. The number of thiazole rings is 1. The number of carbonyl (C=O) groups is 4. The van der Waals surface area contributed by atoms with Crippen molar-refractivity contribution in [1.82, 2.24) is 30.3 Å². The summed E-state index contributed by atoms with van der Waals surface area (Å²) in [5.41, 5.74) is 6.23. The van der Waals surface area contributed by atoms with E-state index >= 15 is 0 Å². The second kappa shape index (κ2) is 20.1. The summed E-state index contributed by atoms with van der Waals surface area (Å²) in [6, 6.07) is 21.5. The van der Waals surface area contributed by atoms with Crippen LogP contribution in [0.4, 0.5) is 5.69 Å². The first-order valence-electron chi connectivity index (χ1n) is 23.0. The van der Waals surface area contributed by atoms with E-state index in [9.17, 15) is 29.5 Å². The van der Waals surface area contributed by atoms with Gasteiger partial charge < -0.3 is 35.2 Å². The number of piperazine rings is 1. The minimum Gasteiger partial charge on any atom is -0.490 e. The Morgan fingerprint density at radius 2 is 1.67 bits per heavy atom. The number of hydrogen-bond donors (Lipinski definition) is 3. The number of likely N-dealkylation sites (tertiary alicyclic amines) is 1. The van der Waals surface area contributed by atoms with Gasteiger partial charge in [0.1, 0.15) is 30.0 Å². The van der Waals surface area contributed by atoms with Gasteiger partial charge in [0.15, 0.2) is 0 Å². The molecule has 3 N–H and O–H groups in total. The van der Waals surface area contributed by atoms with Gasteiger partial charge in [0.2, 0.25) is 17.7 Å². The molecule has 16 heteroatoms. The molecule has 0 saturated carbocycles. The van der Waals surface area contributed by atoms with E-state index in [0.717, 1.165) is 79.2 Å². The van der Waals surface area contributed by atoms with Crippen LogP contribution in [0, 0.1) is 23.7 Å². The third-order valence-electron chi connectivity index (χ3n) is 13.5. The van der Waals surface area contributed by atoms with Crippen LogP contribution in [0.15, 0.2) is 72.2 Å². The topological polar surface area (TPSA) is 171 Å². The van der Waals surface area contributed by atoms with Gasteiger partial charge >= 0.3 is 0 Å². The first-order chi connectivity index (χ1) is 31.6. The van der Waals surface area contributed by atoms with E-state index in [-0.39, 0.29) is 67.7 Å². The summed E-state index contributed by atoms with van der Waals surface area (Å²) < 4.78 is 6.27. The second-order valence-corrected chi connectivity index (χ2v) is 20.4. The molecule has 3 aromatic carbocycles. The Labute approximate surface area is 395 Å². The van der Waals surface area contributed by atoms with Crippen molar-refractivity contribution in [3.63, 3.8) is 0 Å². The van der Waals surface area contributed by atoms with E-state index in [4.69, 9.17) is 16.3 Å². The number of ether oxygens (including phenoxy) is 1. The number of rotatable bonds is 13. The van der Waals surface area contributed by atoms with E-state index in [0.29, 0.717) is 28.4 Å². The van der Waals surface area contributed by atoms with Crippen LogP contribution in [0.2, 0.25) is 5.02 Å². The first-order valence-corrected chi connectivity index (χ1v) is 24.2. The van der Waals surface area contributed by atoms with Crippen molar-refractivity contribution >= 4 is 52.3 Å². The molecule has 14 nitrogen and oxygen atoms in total. The van der Waals surface area contributed by atoms with Crippen LogP contribution in [0.5, 0.6) is 5.75 Å². The van der Waals surface area contributed by atoms with Gasteiger partial charge in [0, 0.05) is 101 Å². The lowest BCUT2D eigenvalue weighted by atomic mass is 9.85. The molecule has 2 bridgehead atoms. The lowest BCUT2D eigenvalue weighted by Gasteiger charge is -2.39. The number of nitriles is 1. The highest BCUT2D eigenvalue weighted by Gasteiger charge is 2.46. The summed E-state index contributed by atoms with van der Waals surface area (Å²) in [5.74, 6) is -0.285. The zero-order chi connectivity index (χ0) is 46.7. The van der Waals surface area contributed by atoms with Crippen molar-refractivity contribution in [2.45, 2.75) is 109 Å². The van der Waals surface area contributed by atoms with E-state index in [1.54, 1.807) is 29.5 Å². The number of benzene rings is 3.